The summed E-state index contributed by atoms with van der Waals surface area (Å²) in [4.78, 5) is 17.2. The third-order valence-electron chi connectivity index (χ3n) is 6.52. The fourth-order valence-corrected chi connectivity index (χ4v) is 4.74. The molecular weight excluding hydrogens is 395 g/mol. The van der Waals surface area contributed by atoms with Crippen LogP contribution in [0, 0.1) is 5.82 Å². The molecule has 1 aliphatic carbocycles. The summed E-state index contributed by atoms with van der Waals surface area (Å²) in [6.07, 6.45) is 2.12. The van der Waals surface area contributed by atoms with Crippen molar-refractivity contribution in [2.45, 2.75) is 57.8 Å². The second-order valence-electron chi connectivity index (χ2n) is 8.82. The molecule has 0 spiro atoms. The summed E-state index contributed by atoms with van der Waals surface area (Å²) in [5.74, 6) is 0.463. The predicted octanol–water partition coefficient (Wildman–Crippen LogP) is 3.70. The first kappa shape index (κ1) is 21.8. The van der Waals surface area contributed by atoms with Gasteiger partial charge in [-0.1, -0.05) is 24.3 Å². The van der Waals surface area contributed by atoms with Gasteiger partial charge in [0.2, 0.25) is 0 Å². The topological polar surface area (TPSA) is 53.0 Å². The van der Waals surface area contributed by atoms with Gasteiger partial charge in [-0.15, -0.1) is 0 Å². The minimum atomic E-state index is -0.446. The van der Waals surface area contributed by atoms with Gasteiger partial charge in [0.15, 0.2) is 6.61 Å². The van der Waals surface area contributed by atoms with Crippen molar-refractivity contribution in [2.75, 3.05) is 19.7 Å². The smallest absolute Gasteiger partial charge is 0.260 e. The van der Waals surface area contributed by atoms with Crippen LogP contribution in [0.5, 0.6) is 5.75 Å². The van der Waals surface area contributed by atoms with Gasteiger partial charge in [0.1, 0.15) is 11.6 Å². The maximum absolute atomic E-state index is 13.2. The Morgan fingerprint density at radius 3 is 2.68 bits per heavy atom. The number of aliphatic hydroxyl groups excluding tert-OH is 1. The van der Waals surface area contributed by atoms with E-state index in [9.17, 15) is 14.3 Å². The zero-order valence-electron chi connectivity index (χ0n) is 18.3. The molecule has 2 aromatic carbocycles. The van der Waals surface area contributed by atoms with E-state index in [1.165, 1.54) is 12.1 Å². The lowest BCUT2D eigenvalue weighted by atomic mass is 9.89. The van der Waals surface area contributed by atoms with E-state index in [1.54, 1.807) is 0 Å². The zero-order chi connectivity index (χ0) is 22.0. The summed E-state index contributed by atoms with van der Waals surface area (Å²) >= 11 is 0. The molecule has 1 aliphatic heterocycles. The van der Waals surface area contributed by atoms with E-state index in [4.69, 9.17) is 4.74 Å². The number of piperazine rings is 1. The standard InChI is InChI=1S/C25H31FN2O3/c1-17-14-28(18(2)13-27(17)15-19-9-11-20(26)12-10-19)25(30)16-31-24-8-4-5-21-22(24)6-3-7-23(21)29/h4-5,8-12,17-18,23,29H,3,6-7,13-16H2,1-2H3. The molecule has 4 rings (SSSR count). The van der Waals surface area contributed by atoms with Crippen molar-refractivity contribution in [1.82, 2.24) is 9.80 Å². The molecule has 6 heteroatoms. The molecule has 31 heavy (non-hydrogen) atoms. The lowest BCUT2D eigenvalue weighted by Gasteiger charge is -2.44. The van der Waals surface area contributed by atoms with Gasteiger partial charge in [-0.25, -0.2) is 4.39 Å². The summed E-state index contributed by atoms with van der Waals surface area (Å²) in [5.41, 5.74) is 3.02. The van der Waals surface area contributed by atoms with Crippen molar-refractivity contribution in [3.05, 3.63) is 65.0 Å². The van der Waals surface area contributed by atoms with E-state index >= 15 is 0 Å². The first-order valence-electron chi connectivity index (χ1n) is 11.1. The number of carbonyl (C=O) groups excluding carboxylic acids is 1. The highest BCUT2D eigenvalue weighted by atomic mass is 19.1. The number of carbonyl (C=O) groups is 1. The predicted molar refractivity (Wildman–Crippen MR) is 117 cm³/mol. The SMILES string of the molecule is CC1CN(C(=O)COc2cccc3c2CCCC3O)C(C)CN1Cc1ccc(F)cc1. The van der Waals surface area contributed by atoms with Crippen LogP contribution in [0.15, 0.2) is 42.5 Å². The minimum Gasteiger partial charge on any atom is -0.483 e. The first-order valence-corrected chi connectivity index (χ1v) is 11.1. The lowest BCUT2D eigenvalue weighted by molar-refractivity contribution is -0.139. The second-order valence-corrected chi connectivity index (χ2v) is 8.82. The summed E-state index contributed by atoms with van der Waals surface area (Å²) in [7, 11) is 0. The molecule has 3 unspecified atom stereocenters. The van der Waals surface area contributed by atoms with Gasteiger partial charge < -0.3 is 14.7 Å². The first-order chi connectivity index (χ1) is 14.9. The molecule has 1 fully saturated rings. The van der Waals surface area contributed by atoms with E-state index in [2.05, 4.69) is 18.7 Å². The molecule has 0 aromatic heterocycles. The summed E-state index contributed by atoms with van der Waals surface area (Å²) in [6.45, 7) is 6.31. The number of hydrogen-bond acceptors (Lipinski definition) is 4. The van der Waals surface area contributed by atoms with Crippen molar-refractivity contribution < 1.29 is 19.0 Å². The van der Waals surface area contributed by atoms with E-state index in [-0.39, 0.29) is 30.4 Å². The number of rotatable bonds is 5. The van der Waals surface area contributed by atoms with Gasteiger partial charge in [0, 0.05) is 31.7 Å². The molecule has 1 saturated heterocycles. The number of hydrogen-bond donors (Lipinski definition) is 1. The Bertz CT molecular complexity index is 917. The van der Waals surface area contributed by atoms with E-state index in [0.29, 0.717) is 12.3 Å². The Kier molecular flexibility index (Phi) is 6.58. The molecule has 0 saturated carbocycles. The number of amides is 1. The Labute approximate surface area is 183 Å². The number of benzene rings is 2. The van der Waals surface area contributed by atoms with Crippen LogP contribution in [0.25, 0.3) is 0 Å². The van der Waals surface area contributed by atoms with Crippen molar-refractivity contribution in [3.8, 4) is 5.75 Å². The zero-order valence-corrected chi connectivity index (χ0v) is 18.3. The monoisotopic (exact) mass is 426 g/mol. The van der Waals surface area contributed by atoms with Crippen molar-refractivity contribution in [2.24, 2.45) is 0 Å². The molecular formula is C25H31FN2O3. The summed E-state index contributed by atoms with van der Waals surface area (Å²) < 4.78 is 19.1. The molecule has 1 amide bonds. The molecule has 1 heterocycles. The normalized spacial score (nSPS) is 24.0. The van der Waals surface area contributed by atoms with E-state index < -0.39 is 6.10 Å². The molecule has 0 bridgehead atoms. The Morgan fingerprint density at radius 2 is 1.90 bits per heavy atom. The molecule has 1 N–H and O–H groups in total. The van der Waals surface area contributed by atoms with E-state index in [0.717, 1.165) is 49.0 Å². The molecule has 3 atom stereocenters. The third kappa shape index (κ3) is 4.91. The van der Waals surface area contributed by atoms with Gasteiger partial charge in [-0.2, -0.15) is 0 Å². The molecule has 0 radical (unpaired) electrons. The number of ether oxygens (including phenoxy) is 1. The number of fused-ring (bicyclic) bond motifs is 1. The van der Waals surface area contributed by atoms with E-state index in [1.807, 2.05) is 35.2 Å². The number of halogens is 1. The van der Waals surface area contributed by atoms with Gasteiger partial charge in [-0.05, 0) is 68.0 Å². The molecule has 166 valence electrons. The van der Waals surface area contributed by atoms with Crippen LogP contribution in [0.2, 0.25) is 0 Å². The largest absolute Gasteiger partial charge is 0.483 e. The van der Waals surface area contributed by atoms with Crippen molar-refractivity contribution in [1.29, 1.82) is 0 Å². The van der Waals surface area contributed by atoms with Crippen LogP contribution in [-0.4, -0.2) is 52.6 Å². The van der Waals surface area contributed by atoms with Crippen molar-refractivity contribution >= 4 is 5.91 Å². The molecule has 2 aromatic rings. The van der Waals surface area contributed by atoms with Gasteiger partial charge in [0.05, 0.1) is 6.10 Å². The van der Waals surface area contributed by atoms with Crippen LogP contribution in [0.1, 0.15) is 49.5 Å². The van der Waals surface area contributed by atoms with Gasteiger partial charge in [0.25, 0.3) is 5.91 Å². The summed E-state index contributed by atoms with van der Waals surface area (Å²) in [5, 5.41) is 10.2. The molecule has 2 aliphatic rings. The maximum Gasteiger partial charge on any atom is 0.260 e. The van der Waals surface area contributed by atoms with Crippen LogP contribution < -0.4 is 4.74 Å². The number of aliphatic hydroxyl groups is 1. The highest BCUT2D eigenvalue weighted by molar-refractivity contribution is 5.78. The number of nitrogens with zero attached hydrogens (tertiary/aromatic N) is 2. The maximum atomic E-state index is 13.2. The Morgan fingerprint density at radius 1 is 1.13 bits per heavy atom. The molecule has 5 nitrogen and oxygen atoms in total. The lowest BCUT2D eigenvalue weighted by Crippen LogP contribution is -2.58. The van der Waals surface area contributed by atoms with Crippen LogP contribution in [-0.2, 0) is 17.8 Å². The third-order valence-corrected chi connectivity index (χ3v) is 6.52. The average molecular weight is 427 g/mol. The van der Waals surface area contributed by atoms with Gasteiger partial charge >= 0.3 is 0 Å². The van der Waals surface area contributed by atoms with Crippen LogP contribution in [0.4, 0.5) is 4.39 Å². The Balaban J connectivity index is 1.36. The van der Waals surface area contributed by atoms with Crippen molar-refractivity contribution in [3.63, 3.8) is 0 Å². The van der Waals surface area contributed by atoms with Crippen LogP contribution in [0.3, 0.4) is 0 Å². The second kappa shape index (κ2) is 9.37. The highest BCUT2D eigenvalue weighted by Gasteiger charge is 2.32. The average Bonchev–Trinajstić information content (AvgIpc) is 2.76. The minimum absolute atomic E-state index is 0.00156. The quantitative estimate of drug-likeness (QED) is 0.792. The fourth-order valence-electron chi connectivity index (χ4n) is 4.74. The highest BCUT2D eigenvalue weighted by Crippen LogP contribution is 2.35. The van der Waals surface area contributed by atoms with Crippen LogP contribution >= 0.6 is 0 Å². The Hall–Kier alpha value is -2.44. The summed E-state index contributed by atoms with van der Waals surface area (Å²) in [6, 6.07) is 12.6. The fraction of sp³-hybridized carbons (Fsp3) is 0.480. The van der Waals surface area contributed by atoms with Gasteiger partial charge in [-0.3, -0.25) is 9.69 Å².